The molecule has 0 radical (unpaired) electrons. The summed E-state index contributed by atoms with van der Waals surface area (Å²) in [4.78, 5) is 14.2. The first-order valence-electron chi connectivity index (χ1n) is 6.67. The number of carbonyl (C=O) groups excluding carboxylic acids is 1. The van der Waals surface area contributed by atoms with Crippen molar-refractivity contribution in [2.75, 3.05) is 26.3 Å². The largest absolute Gasteiger partial charge is 0.347 e. The van der Waals surface area contributed by atoms with Crippen LogP contribution in [0, 0.1) is 6.92 Å². The van der Waals surface area contributed by atoms with Gasteiger partial charge >= 0.3 is 0 Å². The third-order valence-corrected chi connectivity index (χ3v) is 3.84. The maximum atomic E-state index is 12.4. The number of likely N-dealkylation sites (tertiary alicyclic amines) is 1. The summed E-state index contributed by atoms with van der Waals surface area (Å²) in [5, 5.41) is 4.24. The van der Waals surface area contributed by atoms with Gasteiger partial charge < -0.3 is 14.4 Å². The van der Waals surface area contributed by atoms with Gasteiger partial charge in [-0.25, -0.2) is 0 Å². The van der Waals surface area contributed by atoms with Gasteiger partial charge in [0.15, 0.2) is 11.5 Å². The van der Waals surface area contributed by atoms with Gasteiger partial charge in [0.25, 0.3) is 5.91 Å². The first kappa shape index (κ1) is 12.6. The van der Waals surface area contributed by atoms with Crippen molar-refractivity contribution in [2.24, 2.45) is 7.05 Å². The van der Waals surface area contributed by atoms with Gasteiger partial charge in [-0.15, -0.1) is 0 Å². The SMILES string of the molecule is Cc1cn(C)nc1C(=O)N1CCC2(CC1)OCCO2. The molecule has 0 atom stereocenters. The predicted molar refractivity (Wildman–Crippen MR) is 67.7 cm³/mol. The van der Waals surface area contributed by atoms with Crippen molar-refractivity contribution in [3.63, 3.8) is 0 Å². The number of nitrogens with zero attached hydrogens (tertiary/aromatic N) is 3. The highest BCUT2D eigenvalue weighted by atomic mass is 16.7. The Morgan fingerprint density at radius 2 is 1.95 bits per heavy atom. The fourth-order valence-electron chi connectivity index (χ4n) is 2.80. The van der Waals surface area contributed by atoms with Crippen LogP contribution >= 0.6 is 0 Å². The lowest BCUT2D eigenvalue weighted by Gasteiger charge is -2.37. The van der Waals surface area contributed by atoms with Crippen LogP contribution in [0.2, 0.25) is 0 Å². The molecule has 19 heavy (non-hydrogen) atoms. The highest BCUT2D eigenvalue weighted by Crippen LogP contribution is 2.31. The summed E-state index contributed by atoms with van der Waals surface area (Å²) in [7, 11) is 1.83. The van der Waals surface area contributed by atoms with Gasteiger partial charge in [-0.05, 0) is 6.92 Å². The number of aryl methyl sites for hydroxylation is 2. The number of ether oxygens (including phenoxy) is 2. The van der Waals surface area contributed by atoms with Gasteiger partial charge in [0, 0.05) is 44.7 Å². The molecule has 6 nitrogen and oxygen atoms in total. The summed E-state index contributed by atoms with van der Waals surface area (Å²) >= 11 is 0. The predicted octanol–water partition coefficient (Wildman–Crippen LogP) is 0.708. The van der Waals surface area contributed by atoms with E-state index in [-0.39, 0.29) is 5.91 Å². The van der Waals surface area contributed by atoms with Crippen LogP contribution in [-0.4, -0.2) is 52.7 Å². The average molecular weight is 265 g/mol. The van der Waals surface area contributed by atoms with Crippen molar-refractivity contribution in [2.45, 2.75) is 25.6 Å². The van der Waals surface area contributed by atoms with Crippen LogP contribution < -0.4 is 0 Å². The normalized spacial score (nSPS) is 22.1. The van der Waals surface area contributed by atoms with Crippen LogP contribution in [0.25, 0.3) is 0 Å². The van der Waals surface area contributed by atoms with E-state index in [9.17, 15) is 4.79 Å². The second-order valence-corrected chi connectivity index (χ2v) is 5.23. The minimum Gasteiger partial charge on any atom is -0.347 e. The molecule has 0 bridgehead atoms. The molecule has 1 amide bonds. The summed E-state index contributed by atoms with van der Waals surface area (Å²) in [6.07, 6.45) is 3.34. The van der Waals surface area contributed by atoms with Crippen LogP contribution in [0.15, 0.2) is 6.20 Å². The maximum absolute atomic E-state index is 12.4. The van der Waals surface area contributed by atoms with Crippen molar-refractivity contribution in [3.05, 3.63) is 17.5 Å². The summed E-state index contributed by atoms with van der Waals surface area (Å²) < 4.78 is 13.0. The molecule has 2 aliphatic heterocycles. The fraction of sp³-hybridized carbons (Fsp3) is 0.692. The van der Waals surface area contributed by atoms with Crippen LogP contribution in [0.4, 0.5) is 0 Å². The summed E-state index contributed by atoms with van der Waals surface area (Å²) in [6, 6.07) is 0. The van der Waals surface area contributed by atoms with E-state index in [1.807, 2.05) is 25.1 Å². The number of amides is 1. The Labute approximate surface area is 112 Å². The van der Waals surface area contributed by atoms with E-state index in [0.717, 1.165) is 18.4 Å². The monoisotopic (exact) mass is 265 g/mol. The van der Waals surface area contributed by atoms with Gasteiger partial charge in [0.2, 0.25) is 0 Å². The van der Waals surface area contributed by atoms with Crippen LogP contribution in [-0.2, 0) is 16.5 Å². The van der Waals surface area contributed by atoms with E-state index >= 15 is 0 Å². The molecule has 104 valence electrons. The van der Waals surface area contributed by atoms with E-state index in [1.54, 1.807) is 4.68 Å². The van der Waals surface area contributed by atoms with Gasteiger partial charge in [0.05, 0.1) is 13.2 Å². The molecule has 3 heterocycles. The molecule has 6 heteroatoms. The van der Waals surface area contributed by atoms with Gasteiger partial charge in [-0.2, -0.15) is 5.10 Å². The minimum absolute atomic E-state index is 0.00551. The third kappa shape index (κ3) is 2.26. The Bertz CT molecular complexity index is 481. The molecule has 0 saturated carbocycles. The Morgan fingerprint density at radius 1 is 1.32 bits per heavy atom. The quantitative estimate of drug-likeness (QED) is 0.750. The Kier molecular flexibility index (Phi) is 3.06. The second kappa shape index (κ2) is 4.61. The molecule has 0 unspecified atom stereocenters. The molecule has 0 N–H and O–H groups in total. The fourth-order valence-corrected chi connectivity index (χ4v) is 2.80. The Balaban J connectivity index is 1.68. The lowest BCUT2D eigenvalue weighted by Crippen LogP contribution is -2.47. The third-order valence-electron chi connectivity index (χ3n) is 3.84. The summed E-state index contributed by atoms with van der Waals surface area (Å²) in [5.41, 5.74) is 1.47. The zero-order chi connectivity index (χ0) is 13.5. The zero-order valence-electron chi connectivity index (χ0n) is 11.4. The lowest BCUT2D eigenvalue weighted by molar-refractivity contribution is -0.181. The Hall–Kier alpha value is -1.40. The highest BCUT2D eigenvalue weighted by Gasteiger charge is 2.41. The van der Waals surface area contributed by atoms with Crippen LogP contribution in [0.1, 0.15) is 28.9 Å². The Morgan fingerprint density at radius 3 is 2.47 bits per heavy atom. The molecular formula is C13H19N3O3. The molecule has 2 saturated heterocycles. The van der Waals surface area contributed by atoms with Crippen molar-refractivity contribution in [1.29, 1.82) is 0 Å². The molecule has 1 aromatic heterocycles. The van der Waals surface area contributed by atoms with Crippen molar-refractivity contribution >= 4 is 5.91 Å². The van der Waals surface area contributed by atoms with Gasteiger partial charge in [0.1, 0.15) is 0 Å². The highest BCUT2D eigenvalue weighted by molar-refractivity contribution is 5.93. The summed E-state index contributed by atoms with van der Waals surface area (Å²) in [6.45, 7) is 4.55. The molecule has 3 rings (SSSR count). The lowest BCUT2D eigenvalue weighted by atomic mass is 10.0. The molecule has 0 aromatic carbocycles. The average Bonchev–Trinajstić information content (AvgIpc) is 2.97. The topological polar surface area (TPSA) is 56.6 Å². The van der Waals surface area contributed by atoms with Gasteiger partial charge in [-0.1, -0.05) is 0 Å². The smallest absolute Gasteiger partial charge is 0.274 e. The van der Waals surface area contributed by atoms with Crippen LogP contribution in [0.5, 0.6) is 0 Å². The van der Waals surface area contributed by atoms with Crippen LogP contribution in [0.3, 0.4) is 0 Å². The van der Waals surface area contributed by atoms with Crippen molar-refractivity contribution in [1.82, 2.24) is 14.7 Å². The van der Waals surface area contributed by atoms with E-state index in [2.05, 4.69) is 5.10 Å². The molecule has 1 aromatic rings. The van der Waals surface area contributed by atoms with E-state index in [0.29, 0.717) is 32.0 Å². The second-order valence-electron chi connectivity index (χ2n) is 5.23. The number of hydrogen-bond acceptors (Lipinski definition) is 4. The number of rotatable bonds is 1. The standard InChI is InChI=1S/C13H19N3O3/c1-10-9-15(2)14-11(10)12(17)16-5-3-13(4-6-16)18-7-8-19-13/h9H,3-8H2,1-2H3. The van der Waals surface area contributed by atoms with Crippen molar-refractivity contribution in [3.8, 4) is 0 Å². The maximum Gasteiger partial charge on any atom is 0.274 e. The first-order chi connectivity index (χ1) is 9.10. The minimum atomic E-state index is -0.435. The number of hydrogen-bond donors (Lipinski definition) is 0. The van der Waals surface area contributed by atoms with Crippen molar-refractivity contribution < 1.29 is 14.3 Å². The van der Waals surface area contributed by atoms with E-state index in [1.165, 1.54) is 0 Å². The number of aromatic nitrogens is 2. The molecule has 0 aliphatic carbocycles. The molecule has 1 spiro atoms. The first-order valence-corrected chi connectivity index (χ1v) is 6.67. The summed E-state index contributed by atoms with van der Waals surface area (Å²) in [5.74, 6) is -0.429. The zero-order valence-corrected chi connectivity index (χ0v) is 11.4. The molecule has 2 aliphatic rings. The molecular weight excluding hydrogens is 246 g/mol. The van der Waals surface area contributed by atoms with E-state index in [4.69, 9.17) is 9.47 Å². The van der Waals surface area contributed by atoms with E-state index < -0.39 is 5.79 Å². The molecule has 2 fully saturated rings. The number of carbonyl (C=O) groups is 1. The van der Waals surface area contributed by atoms with Gasteiger partial charge in [-0.3, -0.25) is 9.48 Å². The number of piperidine rings is 1.